The Balaban J connectivity index is 1.35. The molecule has 2 aliphatic heterocycles. The normalized spacial score (nSPS) is 18.2. The summed E-state index contributed by atoms with van der Waals surface area (Å²) in [7, 11) is -18.7. The van der Waals surface area contributed by atoms with Crippen LogP contribution in [-0.4, -0.2) is 130 Å². The number of allylic oxidation sites excluding steroid dienone is 7. The van der Waals surface area contributed by atoms with Crippen LogP contribution in [0.1, 0.15) is 96.6 Å². The maximum atomic E-state index is 13.1. The van der Waals surface area contributed by atoms with Gasteiger partial charge >= 0.3 is 15.2 Å². The summed E-state index contributed by atoms with van der Waals surface area (Å²) in [6, 6.07) is 16.3. The summed E-state index contributed by atoms with van der Waals surface area (Å²) >= 11 is 1.58. The van der Waals surface area contributed by atoms with E-state index in [2.05, 4.69) is 96.4 Å². The van der Waals surface area contributed by atoms with Gasteiger partial charge in [-0.05, 0) is 81.2 Å². The quantitative estimate of drug-likeness (QED) is 0.0206. The summed E-state index contributed by atoms with van der Waals surface area (Å²) in [5, 5.41) is 2.69. The van der Waals surface area contributed by atoms with Crippen molar-refractivity contribution in [3.63, 3.8) is 0 Å². The largest absolute Gasteiger partial charge is 0.378 e. The first kappa shape index (κ1) is 59.1. The second-order valence-electron chi connectivity index (χ2n) is 19.0. The first-order valence-electron chi connectivity index (χ1n) is 23.8. The van der Waals surface area contributed by atoms with Gasteiger partial charge in [0, 0.05) is 77.6 Å². The predicted molar refractivity (Wildman–Crippen MR) is 280 cm³/mol. The Morgan fingerprint density at radius 2 is 1.39 bits per heavy atom. The number of carbonyl (C=O) groups is 2. The van der Waals surface area contributed by atoms with Crippen LogP contribution < -0.4 is 15.5 Å². The van der Waals surface area contributed by atoms with Crippen molar-refractivity contribution >= 4 is 76.1 Å². The lowest BCUT2D eigenvalue weighted by molar-refractivity contribution is -0.438. The third-order valence-corrected chi connectivity index (χ3v) is 19.4. The van der Waals surface area contributed by atoms with Gasteiger partial charge in [0.05, 0.1) is 36.6 Å². The van der Waals surface area contributed by atoms with Gasteiger partial charge in [0.25, 0.3) is 20.2 Å². The summed E-state index contributed by atoms with van der Waals surface area (Å²) in [4.78, 5) is 65.5. The van der Waals surface area contributed by atoms with Crippen LogP contribution in [0.25, 0.3) is 0 Å². The van der Waals surface area contributed by atoms with Crippen LogP contribution in [0.3, 0.4) is 0 Å². The molecule has 0 fully saturated rings. The second-order valence-corrected chi connectivity index (χ2v) is 27.3. The fraction of sp³-hybridized carbons (Fsp3) is 0.521. The van der Waals surface area contributed by atoms with Crippen molar-refractivity contribution in [1.29, 1.82) is 0 Å². The number of fused-ring (bicyclic) bond motifs is 2. The van der Waals surface area contributed by atoms with E-state index < -0.39 is 64.0 Å². The zero-order chi connectivity index (χ0) is 53.1. The Kier molecular flexibility index (Phi) is 20.7. The molecular weight excluding hydrogens is 1030 g/mol. The fourth-order valence-corrected chi connectivity index (χ4v) is 14.0. The van der Waals surface area contributed by atoms with Crippen LogP contribution in [0.15, 0.2) is 94.6 Å². The van der Waals surface area contributed by atoms with E-state index in [1.807, 2.05) is 24.3 Å². The van der Waals surface area contributed by atoms with Gasteiger partial charge in [0.2, 0.25) is 17.5 Å². The van der Waals surface area contributed by atoms with E-state index in [9.17, 15) is 64.2 Å². The van der Waals surface area contributed by atoms with Crippen molar-refractivity contribution in [2.24, 2.45) is 0 Å². The van der Waals surface area contributed by atoms with Crippen molar-refractivity contribution < 1.29 is 73.5 Å². The maximum Gasteiger partial charge on any atom is 0.341 e. The SMILES string of the molecule is CC1(C)C(/C=C/C2=C(SCCC(=O)NCCOCCNC(=O)CC(P(=O)(O)O)P(=O)(O)O)C(=C/C=C3/N(CCCCS(=O)(=O)O)c4ccccc4C3(C)C)/CCC2)=[N+](CCCCS(=O)(=O)O)c2ccccc21. The molecule has 19 nitrogen and oxygen atoms in total. The molecule has 2 amide bonds. The van der Waals surface area contributed by atoms with E-state index in [0.717, 1.165) is 69.2 Å². The van der Waals surface area contributed by atoms with Gasteiger partial charge in [-0.25, -0.2) is 0 Å². The zero-order valence-electron chi connectivity index (χ0n) is 41.1. The molecule has 0 atom stereocenters. The molecule has 24 heteroatoms. The van der Waals surface area contributed by atoms with Crippen LogP contribution in [0.2, 0.25) is 0 Å². The Morgan fingerprint density at radius 1 is 0.792 bits per heavy atom. The van der Waals surface area contributed by atoms with Gasteiger partial charge in [-0.15, -0.1) is 11.8 Å². The van der Waals surface area contributed by atoms with Gasteiger partial charge in [0.1, 0.15) is 6.54 Å². The smallest absolute Gasteiger partial charge is 0.341 e. The van der Waals surface area contributed by atoms with Crippen LogP contribution in [0.5, 0.6) is 0 Å². The van der Waals surface area contributed by atoms with Crippen molar-refractivity contribution in [2.75, 3.05) is 61.6 Å². The van der Waals surface area contributed by atoms with Crippen LogP contribution in [0.4, 0.5) is 11.4 Å². The van der Waals surface area contributed by atoms with Gasteiger partial charge < -0.3 is 39.8 Å². The van der Waals surface area contributed by atoms with Gasteiger partial charge in [-0.2, -0.15) is 21.4 Å². The molecule has 2 aromatic carbocycles. The Bertz CT molecular complexity index is 2770. The van der Waals surface area contributed by atoms with E-state index in [-0.39, 0.29) is 50.1 Å². The summed E-state index contributed by atoms with van der Waals surface area (Å²) in [5.74, 6) is -1.39. The summed E-state index contributed by atoms with van der Waals surface area (Å²) in [6.45, 7) is 9.83. The molecule has 0 aromatic heterocycles. The molecule has 0 unspecified atom stereocenters. The lowest BCUT2D eigenvalue weighted by Crippen LogP contribution is -2.31. The number of nitrogens with one attached hydrogen (secondary N) is 2. The highest BCUT2D eigenvalue weighted by molar-refractivity contribution is 8.03. The van der Waals surface area contributed by atoms with Crippen LogP contribution in [0, 0.1) is 0 Å². The number of nitrogens with zero attached hydrogens (tertiary/aromatic N) is 2. The number of rotatable bonds is 27. The van der Waals surface area contributed by atoms with E-state index >= 15 is 0 Å². The zero-order valence-corrected chi connectivity index (χ0v) is 45.3. The Labute approximate surface area is 427 Å². The third kappa shape index (κ3) is 16.6. The standard InChI is InChI=1S/C48H68N4O15P2S3/c1-47(2)37-16-5-7-18-39(37)51(27-9-11-32-71(61,62)63)41(47)22-20-35-14-13-15-36(21-23-42-48(3,4)38-17-6-8-19-40(38)52(42)28-10-12-33-72(64,65)66)46(35)70-31-24-43(53)49-25-29-67-30-26-50-44(54)34-45(68(55,56)57)69(58,59)60/h5-8,16-23,45H,9-15,24-34H2,1-4H3,(H7-,49,50,53,54,55,56,57,58,59,60,61,62,63,64,65,66)/p+1. The molecule has 5 rings (SSSR count). The molecule has 0 radical (unpaired) electrons. The number of thioether (sulfide) groups is 1. The first-order chi connectivity index (χ1) is 33.6. The van der Waals surface area contributed by atoms with Crippen molar-refractivity contribution in [3.05, 3.63) is 106 Å². The van der Waals surface area contributed by atoms with Gasteiger partial charge in [0.15, 0.2) is 11.1 Å². The van der Waals surface area contributed by atoms with E-state index in [1.165, 1.54) is 0 Å². The summed E-state index contributed by atoms with van der Waals surface area (Å²) in [5.41, 5.74) is 7.84. The summed E-state index contributed by atoms with van der Waals surface area (Å²) < 4.78 is 95.5. The number of amides is 2. The summed E-state index contributed by atoms with van der Waals surface area (Å²) in [6.07, 6.45) is 11.8. The number of unbranched alkanes of at least 4 members (excludes halogenated alkanes) is 2. The highest BCUT2D eigenvalue weighted by atomic mass is 32.2. The number of benzene rings is 2. The van der Waals surface area contributed by atoms with Crippen LogP contribution >= 0.6 is 27.0 Å². The molecule has 1 aliphatic carbocycles. The Morgan fingerprint density at radius 3 is 2.03 bits per heavy atom. The van der Waals surface area contributed by atoms with E-state index in [0.29, 0.717) is 44.5 Å². The molecule has 3 aliphatic rings. The molecule has 0 spiro atoms. The molecule has 2 heterocycles. The van der Waals surface area contributed by atoms with Gasteiger partial charge in [-0.3, -0.25) is 27.8 Å². The van der Waals surface area contributed by atoms with Crippen molar-refractivity contribution in [3.8, 4) is 0 Å². The highest BCUT2D eigenvalue weighted by Crippen LogP contribution is 2.61. The Hall–Kier alpha value is -3.76. The molecule has 0 saturated heterocycles. The number of hydrogen-bond donors (Lipinski definition) is 8. The number of hydrogen-bond acceptors (Lipinski definition) is 11. The molecule has 2 aromatic rings. The monoisotopic (exact) mass is 1100 g/mol. The molecular formula is C48H69N4O15P2S3+. The molecule has 0 bridgehead atoms. The van der Waals surface area contributed by atoms with E-state index in [1.54, 1.807) is 11.8 Å². The van der Waals surface area contributed by atoms with Crippen molar-refractivity contribution in [1.82, 2.24) is 10.6 Å². The number of anilines is 1. The lowest BCUT2D eigenvalue weighted by Gasteiger charge is -2.27. The molecule has 72 heavy (non-hydrogen) atoms. The third-order valence-electron chi connectivity index (χ3n) is 12.9. The highest BCUT2D eigenvalue weighted by Gasteiger charge is 2.46. The maximum absolute atomic E-state index is 13.1. The first-order valence-corrected chi connectivity index (χ1v) is 31.4. The minimum atomic E-state index is -5.25. The molecule has 8 N–H and O–H groups in total. The van der Waals surface area contributed by atoms with Gasteiger partial charge in [-0.1, -0.05) is 62.4 Å². The number of ether oxygens (including phenoxy) is 1. The van der Waals surface area contributed by atoms with Crippen molar-refractivity contribution in [2.45, 2.75) is 102 Å². The molecule has 398 valence electrons. The van der Waals surface area contributed by atoms with Crippen LogP contribution in [-0.2, 0) is 54.5 Å². The topological polar surface area (TPSA) is 297 Å². The van der Waals surface area contributed by atoms with E-state index in [4.69, 9.17) is 4.74 Å². The minimum absolute atomic E-state index is 0.0348. The minimum Gasteiger partial charge on any atom is -0.378 e. The fourth-order valence-electron chi connectivity index (χ4n) is 9.27. The molecule has 0 saturated carbocycles. The lowest BCUT2D eigenvalue weighted by atomic mass is 9.81. The second kappa shape index (κ2) is 25.2. The average Bonchev–Trinajstić information content (AvgIpc) is 3.63. The average molecular weight is 1100 g/mol. The predicted octanol–water partition coefficient (Wildman–Crippen LogP) is 6.45. The number of para-hydroxylation sites is 2. The number of carbonyl (C=O) groups excluding carboxylic acids is 2.